The van der Waals surface area contributed by atoms with Crippen LogP contribution in [-0.2, 0) is 25.7 Å². The van der Waals surface area contributed by atoms with Crippen molar-refractivity contribution in [2.45, 2.75) is 25.2 Å². The number of nitrogens with two attached hydrogens (primary N) is 2. The number of amides is 1. The zero-order valence-corrected chi connectivity index (χ0v) is 12.3. The van der Waals surface area contributed by atoms with Crippen LogP contribution in [0.5, 0.6) is 0 Å². The van der Waals surface area contributed by atoms with E-state index in [2.05, 4.69) is 5.32 Å². The molecule has 9 heteroatoms. The van der Waals surface area contributed by atoms with Gasteiger partial charge in [0, 0.05) is 18.7 Å². The average Bonchev–Trinajstić information content (AvgIpc) is 2.47. The van der Waals surface area contributed by atoms with Crippen LogP contribution in [0.4, 0.5) is 5.69 Å². The molecule has 23 heavy (non-hydrogen) atoms. The van der Waals surface area contributed by atoms with Crippen LogP contribution < -0.4 is 16.8 Å². The number of carbonyl (C=O) groups excluding carboxylic acids is 1. The molecule has 0 aliphatic rings. The fraction of sp³-hybridized carbons (Fsp3) is 0.357. The van der Waals surface area contributed by atoms with E-state index in [0.717, 1.165) is 0 Å². The molecule has 0 fully saturated rings. The van der Waals surface area contributed by atoms with Gasteiger partial charge in [0.2, 0.25) is 5.91 Å². The van der Waals surface area contributed by atoms with Crippen molar-refractivity contribution in [1.29, 1.82) is 0 Å². The lowest BCUT2D eigenvalue weighted by Gasteiger charge is -2.17. The smallest absolute Gasteiger partial charge is 0.335 e. The van der Waals surface area contributed by atoms with Crippen molar-refractivity contribution in [2.75, 3.05) is 11.9 Å². The molecule has 0 spiro atoms. The van der Waals surface area contributed by atoms with Gasteiger partial charge in [-0.3, -0.25) is 9.59 Å². The number of hydrogen-bond donors (Lipinski definition) is 5. The molecule has 1 rings (SSSR count). The van der Waals surface area contributed by atoms with Gasteiger partial charge in [0.15, 0.2) is 6.10 Å². The number of aliphatic carboxylic acids is 2. The molecule has 1 aromatic rings. The van der Waals surface area contributed by atoms with E-state index in [0.29, 0.717) is 11.3 Å². The van der Waals surface area contributed by atoms with Gasteiger partial charge in [-0.05, 0) is 17.7 Å². The Morgan fingerprint density at radius 2 is 1.91 bits per heavy atom. The summed E-state index contributed by atoms with van der Waals surface area (Å²) in [4.78, 5) is 33.2. The number of carbonyl (C=O) groups is 3. The standard InChI is InChI=1S/C14H19N3O6/c15-5-4-10(18)17-9-3-1-2-8(6-9)7-23-12(14(21)22)11(16)13(19)20/h1-3,6,11-12H,4-5,7,15-16H2,(H,17,18)(H,19,20)(H,21,22)/t11-,12-/m0/s1. The van der Waals surface area contributed by atoms with E-state index in [9.17, 15) is 14.4 Å². The molecule has 7 N–H and O–H groups in total. The highest BCUT2D eigenvalue weighted by Crippen LogP contribution is 2.13. The molecule has 1 amide bonds. The Hall–Kier alpha value is -2.49. The molecule has 0 saturated carbocycles. The number of carboxylic acids is 2. The van der Waals surface area contributed by atoms with E-state index in [-0.39, 0.29) is 25.5 Å². The Morgan fingerprint density at radius 3 is 2.48 bits per heavy atom. The van der Waals surface area contributed by atoms with E-state index in [1.807, 2.05) is 0 Å². The molecule has 1 aromatic carbocycles. The van der Waals surface area contributed by atoms with E-state index < -0.39 is 24.1 Å². The van der Waals surface area contributed by atoms with Crippen LogP contribution in [0, 0.1) is 0 Å². The van der Waals surface area contributed by atoms with Crippen LogP contribution in [0.2, 0.25) is 0 Å². The highest BCUT2D eigenvalue weighted by atomic mass is 16.5. The topological polar surface area (TPSA) is 165 Å². The van der Waals surface area contributed by atoms with Crippen LogP contribution >= 0.6 is 0 Å². The molecular formula is C14H19N3O6. The first-order chi connectivity index (χ1) is 10.8. The van der Waals surface area contributed by atoms with Crippen molar-refractivity contribution in [3.05, 3.63) is 29.8 Å². The predicted octanol–water partition coefficient (Wildman–Crippen LogP) is -0.644. The number of hydrogen-bond acceptors (Lipinski definition) is 6. The third kappa shape index (κ3) is 6.02. The molecule has 2 atom stereocenters. The lowest BCUT2D eigenvalue weighted by atomic mass is 10.1. The Morgan fingerprint density at radius 1 is 1.22 bits per heavy atom. The number of rotatable bonds is 9. The second kappa shape index (κ2) is 8.83. The molecule has 126 valence electrons. The molecule has 0 heterocycles. The van der Waals surface area contributed by atoms with E-state index in [4.69, 9.17) is 26.4 Å². The maximum Gasteiger partial charge on any atom is 0.335 e. The Balaban J connectivity index is 2.71. The summed E-state index contributed by atoms with van der Waals surface area (Å²) >= 11 is 0. The van der Waals surface area contributed by atoms with E-state index in [1.165, 1.54) is 0 Å². The average molecular weight is 325 g/mol. The van der Waals surface area contributed by atoms with Crippen molar-refractivity contribution in [2.24, 2.45) is 11.5 Å². The van der Waals surface area contributed by atoms with Gasteiger partial charge in [0.05, 0.1) is 6.61 Å². The fourth-order valence-electron chi connectivity index (χ4n) is 1.74. The van der Waals surface area contributed by atoms with Gasteiger partial charge in [0.1, 0.15) is 6.04 Å². The second-order valence-corrected chi connectivity index (χ2v) is 4.72. The van der Waals surface area contributed by atoms with Crippen molar-refractivity contribution in [3.8, 4) is 0 Å². The van der Waals surface area contributed by atoms with Crippen molar-refractivity contribution in [3.63, 3.8) is 0 Å². The number of ether oxygens (including phenoxy) is 1. The minimum atomic E-state index is -1.68. The zero-order valence-electron chi connectivity index (χ0n) is 12.3. The molecule has 0 aliphatic heterocycles. The summed E-state index contributed by atoms with van der Waals surface area (Å²) in [7, 11) is 0. The van der Waals surface area contributed by atoms with Gasteiger partial charge >= 0.3 is 11.9 Å². The maximum atomic E-state index is 11.5. The third-order valence-electron chi connectivity index (χ3n) is 2.87. The first-order valence-corrected chi connectivity index (χ1v) is 6.76. The van der Waals surface area contributed by atoms with Crippen LogP contribution in [0.3, 0.4) is 0 Å². The SMILES string of the molecule is NCCC(=O)Nc1cccc(CO[C@H](C(=O)O)[C@H](N)C(=O)O)c1. The quantitative estimate of drug-likeness (QED) is 0.399. The summed E-state index contributed by atoms with van der Waals surface area (Å²) in [5.74, 6) is -3.19. The molecule has 0 bridgehead atoms. The van der Waals surface area contributed by atoms with Crippen LogP contribution in [0.25, 0.3) is 0 Å². The molecule has 0 radical (unpaired) electrons. The Kier molecular flexibility index (Phi) is 7.13. The van der Waals surface area contributed by atoms with Gasteiger partial charge in [0.25, 0.3) is 0 Å². The maximum absolute atomic E-state index is 11.5. The number of benzene rings is 1. The van der Waals surface area contributed by atoms with Gasteiger partial charge in [-0.25, -0.2) is 4.79 Å². The summed E-state index contributed by atoms with van der Waals surface area (Å²) in [5.41, 5.74) is 11.6. The molecule has 0 aliphatic carbocycles. The minimum Gasteiger partial charge on any atom is -0.480 e. The first kappa shape index (κ1) is 18.6. The predicted molar refractivity (Wildman–Crippen MR) is 80.6 cm³/mol. The number of nitrogens with one attached hydrogen (secondary N) is 1. The lowest BCUT2D eigenvalue weighted by Crippen LogP contribution is -2.47. The molecule has 9 nitrogen and oxygen atoms in total. The molecule has 0 aromatic heterocycles. The Labute approximate surface area is 132 Å². The normalized spacial score (nSPS) is 13.1. The Bertz CT molecular complexity index is 577. The molecular weight excluding hydrogens is 306 g/mol. The van der Waals surface area contributed by atoms with Crippen LogP contribution in [0.15, 0.2) is 24.3 Å². The summed E-state index contributed by atoms with van der Waals surface area (Å²) in [6.45, 7) is 0.0561. The van der Waals surface area contributed by atoms with Crippen molar-refractivity contribution >= 4 is 23.5 Å². The highest BCUT2D eigenvalue weighted by molar-refractivity contribution is 5.90. The molecule has 0 saturated heterocycles. The van der Waals surface area contributed by atoms with Crippen molar-refractivity contribution in [1.82, 2.24) is 0 Å². The van der Waals surface area contributed by atoms with Crippen molar-refractivity contribution < 1.29 is 29.3 Å². The van der Waals surface area contributed by atoms with Gasteiger partial charge in [-0.1, -0.05) is 12.1 Å². The minimum absolute atomic E-state index is 0.168. The summed E-state index contributed by atoms with van der Waals surface area (Å²) in [6.07, 6.45) is -1.50. The van der Waals surface area contributed by atoms with Crippen LogP contribution in [-0.4, -0.2) is 46.7 Å². The number of anilines is 1. The monoisotopic (exact) mass is 325 g/mol. The first-order valence-electron chi connectivity index (χ1n) is 6.76. The van der Waals surface area contributed by atoms with Crippen LogP contribution in [0.1, 0.15) is 12.0 Å². The van der Waals surface area contributed by atoms with E-state index >= 15 is 0 Å². The van der Waals surface area contributed by atoms with Gasteiger partial charge in [-0.2, -0.15) is 0 Å². The third-order valence-corrected chi connectivity index (χ3v) is 2.87. The number of carboxylic acid groups (broad SMARTS) is 2. The summed E-state index contributed by atoms with van der Waals surface area (Å²) < 4.78 is 5.08. The fourth-order valence-corrected chi connectivity index (χ4v) is 1.74. The highest BCUT2D eigenvalue weighted by Gasteiger charge is 2.31. The second-order valence-electron chi connectivity index (χ2n) is 4.72. The molecule has 0 unspecified atom stereocenters. The lowest BCUT2D eigenvalue weighted by molar-refractivity contribution is -0.159. The van der Waals surface area contributed by atoms with Gasteiger partial charge < -0.3 is 31.7 Å². The zero-order chi connectivity index (χ0) is 17.4. The summed E-state index contributed by atoms with van der Waals surface area (Å²) in [6, 6.07) is 4.84. The van der Waals surface area contributed by atoms with E-state index in [1.54, 1.807) is 24.3 Å². The van der Waals surface area contributed by atoms with Gasteiger partial charge in [-0.15, -0.1) is 0 Å². The largest absolute Gasteiger partial charge is 0.480 e. The summed E-state index contributed by atoms with van der Waals surface area (Å²) in [5, 5.41) is 20.4.